The predicted molar refractivity (Wildman–Crippen MR) is 104 cm³/mol. The molecule has 1 unspecified atom stereocenters. The SMILES string of the molecule is CCC(C)(C)CC(=NN=C(C)c1cccc(C)c1)SC(C)C(=O)O. The van der Waals surface area contributed by atoms with Crippen LogP contribution >= 0.6 is 11.8 Å². The van der Waals surface area contributed by atoms with Gasteiger partial charge in [-0.15, -0.1) is 5.10 Å². The standard InChI is InChI=1S/C19H28N2O2S/c1-7-19(5,6)12-17(24-15(4)18(22)23)21-20-14(3)16-10-8-9-13(2)11-16/h8-11,15H,7,12H2,1-6H3,(H,22,23). The number of thioether (sulfide) groups is 1. The molecule has 0 heterocycles. The first-order valence-electron chi connectivity index (χ1n) is 8.22. The molecule has 0 saturated carbocycles. The fraction of sp³-hybridized carbons (Fsp3) is 0.526. The summed E-state index contributed by atoms with van der Waals surface area (Å²) in [7, 11) is 0. The number of nitrogens with zero attached hydrogens (tertiary/aromatic N) is 2. The number of aryl methyl sites for hydroxylation is 1. The molecule has 1 rings (SSSR count). The van der Waals surface area contributed by atoms with Crippen LogP contribution in [0.3, 0.4) is 0 Å². The van der Waals surface area contributed by atoms with Gasteiger partial charge in [0.05, 0.1) is 10.8 Å². The average molecular weight is 349 g/mol. The maximum atomic E-state index is 11.2. The van der Waals surface area contributed by atoms with Gasteiger partial charge in [-0.3, -0.25) is 4.79 Å². The minimum atomic E-state index is -0.832. The molecule has 24 heavy (non-hydrogen) atoms. The van der Waals surface area contributed by atoms with Crippen LogP contribution in [0.15, 0.2) is 34.5 Å². The minimum Gasteiger partial charge on any atom is -0.480 e. The number of benzene rings is 1. The van der Waals surface area contributed by atoms with Crippen molar-refractivity contribution in [2.75, 3.05) is 0 Å². The van der Waals surface area contributed by atoms with Crippen LogP contribution in [-0.4, -0.2) is 27.1 Å². The first-order valence-corrected chi connectivity index (χ1v) is 9.10. The number of rotatable bonds is 7. The molecular weight excluding hydrogens is 320 g/mol. The Hall–Kier alpha value is -1.62. The lowest BCUT2D eigenvalue weighted by atomic mass is 9.87. The van der Waals surface area contributed by atoms with Crippen molar-refractivity contribution in [3.8, 4) is 0 Å². The van der Waals surface area contributed by atoms with Gasteiger partial charge in [0.15, 0.2) is 0 Å². The van der Waals surface area contributed by atoms with Gasteiger partial charge in [-0.1, -0.05) is 68.8 Å². The van der Waals surface area contributed by atoms with Crippen molar-refractivity contribution in [3.05, 3.63) is 35.4 Å². The molecule has 0 fully saturated rings. The summed E-state index contributed by atoms with van der Waals surface area (Å²) < 4.78 is 0. The minimum absolute atomic E-state index is 0.0663. The van der Waals surface area contributed by atoms with E-state index in [0.29, 0.717) is 0 Å². The molecule has 1 aromatic rings. The average Bonchev–Trinajstić information content (AvgIpc) is 2.51. The van der Waals surface area contributed by atoms with Gasteiger partial charge in [-0.05, 0) is 31.7 Å². The van der Waals surface area contributed by atoms with Crippen LogP contribution in [0.5, 0.6) is 0 Å². The molecule has 5 heteroatoms. The highest BCUT2D eigenvalue weighted by Gasteiger charge is 2.22. The Bertz CT molecular complexity index is 636. The smallest absolute Gasteiger partial charge is 0.316 e. The molecular formula is C19H28N2O2S. The molecule has 0 spiro atoms. The number of carboxylic acid groups (broad SMARTS) is 1. The summed E-state index contributed by atoms with van der Waals surface area (Å²) in [5.41, 5.74) is 3.10. The molecule has 0 saturated heterocycles. The van der Waals surface area contributed by atoms with Gasteiger partial charge in [-0.25, -0.2) is 0 Å². The van der Waals surface area contributed by atoms with Crippen LogP contribution in [0.1, 0.15) is 58.6 Å². The second-order valence-corrected chi connectivity index (χ2v) is 8.26. The lowest BCUT2D eigenvalue weighted by Gasteiger charge is -2.23. The molecule has 0 aliphatic carbocycles. The summed E-state index contributed by atoms with van der Waals surface area (Å²) in [5, 5.41) is 18.1. The maximum Gasteiger partial charge on any atom is 0.316 e. The Morgan fingerprint density at radius 1 is 1.33 bits per heavy atom. The van der Waals surface area contributed by atoms with Gasteiger partial charge in [0, 0.05) is 6.42 Å². The van der Waals surface area contributed by atoms with E-state index in [1.807, 2.05) is 32.0 Å². The fourth-order valence-electron chi connectivity index (χ4n) is 1.95. The first-order chi connectivity index (χ1) is 11.1. The van der Waals surface area contributed by atoms with E-state index in [1.165, 1.54) is 17.3 Å². The molecule has 0 radical (unpaired) electrons. The summed E-state index contributed by atoms with van der Waals surface area (Å²) in [5.74, 6) is -0.832. The number of carbonyl (C=O) groups is 1. The van der Waals surface area contributed by atoms with Crippen LogP contribution in [-0.2, 0) is 4.79 Å². The molecule has 132 valence electrons. The zero-order chi connectivity index (χ0) is 18.3. The number of aliphatic carboxylic acids is 1. The summed E-state index contributed by atoms with van der Waals surface area (Å²) in [6.07, 6.45) is 1.71. The summed E-state index contributed by atoms with van der Waals surface area (Å²) >= 11 is 1.28. The van der Waals surface area contributed by atoms with Crippen LogP contribution in [0, 0.1) is 12.3 Å². The van der Waals surface area contributed by atoms with Gasteiger partial charge >= 0.3 is 5.97 Å². The highest BCUT2D eigenvalue weighted by atomic mass is 32.2. The second kappa shape index (κ2) is 9.02. The topological polar surface area (TPSA) is 62.0 Å². The van der Waals surface area contributed by atoms with Crippen molar-refractivity contribution in [2.24, 2.45) is 15.6 Å². The van der Waals surface area contributed by atoms with E-state index in [0.717, 1.165) is 29.2 Å². The van der Waals surface area contributed by atoms with E-state index in [2.05, 4.69) is 37.0 Å². The molecule has 1 N–H and O–H groups in total. The third kappa shape index (κ3) is 6.87. The van der Waals surface area contributed by atoms with Crippen molar-refractivity contribution in [1.29, 1.82) is 0 Å². The van der Waals surface area contributed by atoms with Gasteiger partial charge in [-0.2, -0.15) is 5.10 Å². The van der Waals surface area contributed by atoms with Gasteiger partial charge in [0.2, 0.25) is 0 Å². The number of carboxylic acids is 1. The van der Waals surface area contributed by atoms with Crippen molar-refractivity contribution in [1.82, 2.24) is 0 Å². The number of hydrogen-bond donors (Lipinski definition) is 1. The predicted octanol–water partition coefficient (Wildman–Crippen LogP) is 5.15. The van der Waals surface area contributed by atoms with Crippen molar-refractivity contribution in [3.63, 3.8) is 0 Å². The molecule has 0 bridgehead atoms. The monoisotopic (exact) mass is 348 g/mol. The second-order valence-electron chi connectivity index (χ2n) is 6.84. The van der Waals surface area contributed by atoms with Gasteiger partial charge in [0.1, 0.15) is 5.25 Å². The normalized spacial score (nSPS) is 14.6. The third-order valence-corrected chi connectivity index (χ3v) is 5.05. The Labute approximate surface area is 149 Å². The lowest BCUT2D eigenvalue weighted by Crippen LogP contribution is -2.19. The van der Waals surface area contributed by atoms with Crippen LogP contribution in [0.2, 0.25) is 0 Å². The van der Waals surface area contributed by atoms with Gasteiger partial charge in [0.25, 0.3) is 0 Å². The van der Waals surface area contributed by atoms with Crippen molar-refractivity contribution >= 4 is 28.5 Å². The van der Waals surface area contributed by atoms with E-state index in [9.17, 15) is 4.79 Å². The molecule has 4 nitrogen and oxygen atoms in total. The Morgan fingerprint density at radius 3 is 2.54 bits per heavy atom. The van der Waals surface area contributed by atoms with Gasteiger partial charge < -0.3 is 5.11 Å². The Kier molecular flexibility index (Phi) is 7.67. The van der Waals surface area contributed by atoms with E-state index in [4.69, 9.17) is 5.11 Å². The summed E-state index contributed by atoms with van der Waals surface area (Å²) in [6.45, 7) is 12.1. The lowest BCUT2D eigenvalue weighted by molar-refractivity contribution is -0.136. The molecule has 1 atom stereocenters. The Balaban J connectivity index is 3.05. The van der Waals surface area contributed by atoms with E-state index >= 15 is 0 Å². The van der Waals surface area contributed by atoms with Crippen LogP contribution in [0.25, 0.3) is 0 Å². The zero-order valence-electron chi connectivity index (χ0n) is 15.5. The summed E-state index contributed by atoms with van der Waals surface area (Å²) in [4.78, 5) is 11.2. The molecule has 0 amide bonds. The van der Waals surface area contributed by atoms with E-state index in [1.54, 1.807) is 6.92 Å². The molecule has 0 aromatic heterocycles. The highest BCUT2D eigenvalue weighted by Crippen LogP contribution is 2.30. The molecule has 1 aromatic carbocycles. The van der Waals surface area contributed by atoms with Crippen molar-refractivity contribution < 1.29 is 9.90 Å². The first kappa shape index (κ1) is 20.4. The third-order valence-electron chi connectivity index (χ3n) is 3.99. The van der Waals surface area contributed by atoms with Crippen LogP contribution < -0.4 is 0 Å². The highest BCUT2D eigenvalue weighted by molar-refractivity contribution is 8.15. The number of hydrogen-bond acceptors (Lipinski definition) is 4. The van der Waals surface area contributed by atoms with E-state index < -0.39 is 11.2 Å². The quantitative estimate of drug-likeness (QED) is 0.421. The van der Waals surface area contributed by atoms with E-state index in [-0.39, 0.29) is 5.41 Å². The molecule has 0 aliphatic rings. The summed E-state index contributed by atoms with van der Waals surface area (Å²) in [6, 6.07) is 8.11. The maximum absolute atomic E-state index is 11.2. The fourth-order valence-corrected chi connectivity index (χ4v) is 3.02. The largest absolute Gasteiger partial charge is 0.480 e. The molecule has 0 aliphatic heterocycles. The Morgan fingerprint density at radius 2 is 2.00 bits per heavy atom. The van der Waals surface area contributed by atoms with Crippen LogP contribution in [0.4, 0.5) is 0 Å². The van der Waals surface area contributed by atoms with Crippen molar-refractivity contribution in [2.45, 2.75) is 59.6 Å². The zero-order valence-corrected chi connectivity index (χ0v) is 16.3.